The predicted molar refractivity (Wildman–Crippen MR) is 90.5 cm³/mol. The van der Waals surface area contributed by atoms with Crippen molar-refractivity contribution < 1.29 is 4.79 Å². The first-order chi connectivity index (χ1) is 10.1. The van der Waals surface area contributed by atoms with Gasteiger partial charge in [-0.05, 0) is 47.0 Å². The summed E-state index contributed by atoms with van der Waals surface area (Å²) in [5.41, 5.74) is 3.09. The van der Waals surface area contributed by atoms with E-state index in [0.29, 0.717) is 0 Å². The van der Waals surface area contributed by atoms with Crippen molar-refractivity contribution in [2.24, 2.45) is 0 Å². The van der Waals surface area contributed by atoms with Gasteiger partial charge in [-0.3, -0.25) is 0 Å². The quantitative estimate of drug-likeness (QED) is 0.800. The highest BCUT2D eigenvalue weighted by atomic mass is 79.9. The molecule has 2 aromatic rings. The van der Waals surface area contributed by atoms with Crippen LogP contribution in [0, 0.1) is 6.92 Å². The van der Waals surface area contributed by atoms with Crippen LogP contribution in [0.15, 0.2) is 53.0 Å². The van der Waals surface area contributed by atoms with Gasteiger partial charge in [0, 0.05) is 4.47 Å². The van der Waals surface area contributed by atoms with Gasteiger partial charge < -0.3 is 10.6 Å². The molecule has 4 heteroatoms. The summed E-state index contributed by atoms with van der Waals surface area (Å²) in [6.45, 7) is 4.11. The number of carbonyl (C=O) groups excluding carboxylic acids is 1. The SMILES string of the molecule is CC[C@H](NC(=O)Nc1ccccc1Br)c1ccc(C)cc1. The molecule has 1 atom stereocenters. The van der Waals surface area contributed by atoms with Gasteiger partial charge in [0.1, 0.15) is 0 Å². The van der Waals surface area contributed by atoms with E-state index in [2.05, 4.69) is 64.7 Å². The first kappa shape index (κ1) is 15.6. The largest absolute Gasteiger partial charge is 0.331 e. The predicted octanol–water partition coefficient (Wildman–Crippen LogP) is 5.03. The summed E-state index contributed by atoms with van der Waals surface area (Å²) in [5.74, 6) is 0. The molecule has 0 fully saturated rings. The summed E-state index contributed by atoms with van der Waals surface area (Å²) in [7, 11) is 0. The molecule has 0 saturated heterocycles. The lowest BCUT2D eigenvalue weighted by atomic mass is 10.0. The Hall–Kier alpha value is -1.81. The molecule has 0 aliphatic heterocycles. The molecule has 0 bridgehead atoms. The summed E-state index contributed by atoms with van der Waals surface area (Å²) < 4.78 is 0.864. The minimum Gasteiger partial charge on any atom is -0.331 e. The Morgan fingerprint density at radius 1 is 1.14 bits per heavy atom. The van der Waals surface area contributed by atoms with Gasteiger partial charge in [0.2, 0.25) is 0 Å². The van der Waals surface area contributed by atoms with Gasteiger partial charge in [0.25, 0.3) is 0 Å². The molecule has 2 N–H and O–H groups in total. The third-order valence-corrected chi connectivity index (χ3v) is 4.01. The summed E-state index contributed by atoms with van der Waals surface area (Å²) in [6.07, 6.45) is 0.840. The number of para-hydroxylation sites is 1. The number of nitrogens with one attached hydrogen (secondary N) is 2. The number of hydrogen-bond acceptors (Lipinski definition) is 1. The van der Waals surface area contributed by atoms with Crippen LogP contribution in [-0.2, 0) is 0 Å². The number of benzene rings is 2. The summed E-state index contributed by atoms with van der Waals surface area (Å²) in [4.78, 5) is 12.1. The zero-order valence-corrected chi connectivity index (χ0v) is 13.8. The first-order valence-corrected chi connectivity index (χ1v) is 7.78. The minimum absolute atomic E-state index is 0.00749. The van der Waals surface area contributed by atoms with Crippen molar-refractivity contribution in [3.63, 3.8) is 0 Å². The molecule has 2 rings (SSSR count). The molecule has 2 aromatic carbocycles. The lowest BCUT2D eigenvalue weighted by Gasteiger charge is -2.18. The van der Waals surface area contributed by atoms with Gasteiger partial charge in [-0.15, -0.1) is 0 Å². The molecule has 0 unspecified atom stereocenters. The summed E-state index contributed by atoms with van der Waals surface area (Å²) in [6, 6.07) is 15.6. The standard InChI is InChI=1S/C17H19BrN2O/c1-3-15(13-10-8-12(2)9-11-13)19-17(21)20-16-7-5-4-6-14(16)18/h4-11,15H,3H2,1-2H3,(H2,19,20,21)/t15-/m0/s1. The first-order valence-electron chi connectivity index (χ1n) is 6.98. The van der Waals surface area contributed by atoms with Crippen LogP contribution in [0.3, 0.4) is 0 Å². The molecule has 0 spiro atoms. The minimum atomic E-state index is -0.200. The average Bonchev–Trinajstić information content (AvgIpc) is 2.48. The van der Waals surface area contributed by atoms with Crippen molar-refractivity contribution in [1.29, 1.82) is 0 Å². The highest BCUT2D eigenvalue weighted by molar-refractivity contribution is 9.10. The van der Waals surface area contributed by atoms with Crippen LogP contribution in [0.4, 0.5) is 10.5 Å². The molecule has 0 aliphatic carbocycles. The smallest absolute Gasteiger partial charge is 0.319 e. The Labute approximate surface area is 133 Å². The van der Waals surface area contributed by atoms with E-state index in [-0.39, 0.29) is 12.1 Å². The number of anilines is 1. The highest BCUT2D eigenvalue weighted by Gasteiger charge is 2.13. The normalized spacial score (nSPS) is 11.8. The van der Waals surface area contributed by atoms with Crippen LogP contribution in [0.2, 0.25) is 0 Å². The van der Waals surface area contributed by atoms with E-state index in [1.807, 2.05) is 24.3 Å². The maximum atomic E-state index is 12.1. The van der Waals surface area contributed by atoms with Crippen molar-refractivity contribution in [2.45, 2.75) is 26.3 Å². The van der Waals surface area contributed by atoms with Gasteiger partial charge in [-0.25, -0.2) is 4.79 Å². The number of rotatable bonds is 4. The second-order valence-electron chi connectivity index (χ2n) is 4.95. The second kappa shape index (κ2) is 7.27. The molecule has 2 amide bonds. The number of hydrogen-bond donors (Lipinski definition) is 2. The van der Waals surface area contributed by atoms with Crippen LogP contribution in [0.25, 0.3) is 0 Å². The van der Waals surface area contributed by atoms with Crippen molar-refractivity contribution in [3.8, 4) is 0 Å². The molecule has 0 radical (unpaired) electrons. The Morgan fingerprint density at radius 3 is 2.43 bits per heavy atom. The summed E-state index contributed by atoms with van der Waals surface area (Å²) >= 11 is 3.42. The fraction of sp³-hybridized carbons (Fsp3) is 0.235. The maximum absolute atomic E-state index is 12.1. The lowest BCUT2D eigenvalue weighted by molar-refractivity contribution is 0.248. The van der Waals surface area contributed by atoms with Gasteiger partial charge in [0.05, 0.1) is 11.7 Å². The number of amides is 2. The molecule has 0 aromatic heterocycles. The Bertz CT molecular complexity index is 610. The van der Waals surface area contributed by atoms with E-state index in [9.17, 15) is 4.79 Å². The molecule has 0 heterocycles. The number of urea groups is 1. The highest BCUT2D eigenvalue weighted by Crippen LogP contribution is 2.22. The van der Waals surface area contributed by atoms with Crippen LogP contribution in [0.1, 0.15) is 30.5 Å². The third kappa shape index (κ3) is 4.33. The van der Waals surface area contributed by atoms with E-state index in [1.165, 1.54) is 5.56 Å². The fourth-order valence-corrected chi connectivity index (χ4v) is 2.48. The van der Waals surface area contributed by atoms with Crippen LogP contribution < -0.4 is 10.6 Å². The van der Waals surface area contributed by atoms with Gasteiger partial charge in [-0.2, -0.15) is 0 Å². The molecule has 0 saturated carbocycles. The molecular formula is C17H19BrN2O. The topological polar surface area (TPSA) is 41.1 Å². The van der Waals surface area contributed by atoms with Crippen LogP contribution in [0.5, 0.6) is 0 Å². The van der Waals surface area contributed by atoms with Crippen LogP contribution >= 0.6 is 15.9 Å². The van der Waals surface area contributed by atoms with Crippen molar-refractivity contribution >= 4 is 27.6 Å². The number of aryl methyl sites for hydroxylation is 1. The summed E-state index contributed by atoms with van der Waals surface area (Å²) in [5, 5.41) is 5.87. The van der Waals surface area contributed by atoms with Crippen molar-refractivity contribution in [1.82, 2.24) is 5.32 Å². The van der Waals surface area contributed by atoms with Crippen molar-refractivity contribution in [3.05, 3.63) is 64.1 Å². The molecule has 3 nitrogen and oxygen atoms in total. The Balaban J connectivity index is 2.03. The molecular weight excluding hydrogens is 328 g/mol. The van der Waals surface area contributed by atoms with E-state index < -0.39 is 0 Å². The zero-order valence-electron chi connectivity index (χ0n) is 12.2. The van der Waals surface area contributed by atoms with E-state index in [0.717, 1.165) is 22.1 Å². The van der Waals surface area contributed by atoms with Crippen LogP contribution in [-0.4, -0.2) is 6.03 Å². The Morgan fingerprint density at radius 2 is 1.81 bits per heavy atom. The third-order valence-electron chi connectivity index (χ3n) is 3.32. The van der Waals surface area contributed by atoms with E-state index in [4.69, 9.17) is 0 Å². The average molecular weight is 347 g/mol. The molecule has 21 heavy (non-hydrogen) atoms. The molecule has 110 valence electrons. The van der Waals surface area contributed by atoms with Gasteiger partial charge in [-0.1, -0.05) is 48.9 Å². The second-order valence-corrected chi connectivity index (χ2v) is 5.80. The monoisotopic (exact) mass is 346 g/mol. The van der Waals surface area contributed by atoms with Crippen molar-refractivity contribution in [2.75, 3.05) is 5.32 Å². The Kier molecular flexibility index (Phi) is 5.39. The maximum Gasteiger partial charge on any atom is 0.319 e. The zero-order chi connectivity index (χ0) is 15.2. The number of halogens is 1. The lowest BCUT2D eigenvalue weighted by Crippen LogP contribution is -2.32. The van der Waals surface area contributed by atoms with Gasteiger partial charge in [0.15, 0.2) is 0 Å². The molecule has 0 aliphatic rings. The number of carbonyl (C=O) groups is 1. The van der Waals surface area contributed by atoms with E-state index in [1.54, 1.807) is 0 Å². The fourth-order valence-electron chi connectivity index (χ4n) is 2.10. The van der Waals surface area contributed by atoms with Gasteiger partial charge >= 0.3 is 6.03 Å². The van der Waals surface area contributed by atoms with E-state index >= 15 is 0 Å².